The number of amides is 1. The van der Waals surface area contributed by atoms with Gasteiger partial charge in [0.25, 0.3) is 5.56 Å². The van der Waals surface area contributed by atoms with Crippen molar-refractivity contribution < 1.29 is 4.79 Å². The maximum Gasteiger partial charge on any atom is 0.267 e. The van der Waals surface area contributed by atoms with E-state index in [2.05, 4.69) is 10.4 Å². The molecular formula is C16H23N3O2. The average Bonchev–Trinajstić information content (AvgIpc) is 3.02. The highest BCUT2D eigenvalue weighted by Crippen LogP contribution is 2.24. The number of nitrogens with one attached hydrogen (secondary N) is 1. The standard InChI is InChI=1S/C16H23N3O2/c20-15-11-13-7-3-4-8-14(13)18-19(15)10-9-17-16(21)12-5-1-2-6-12/h11-12H,1-10H2,(H,17,21). The lowest BCUT2D eigenvalue weighted by molar-refractivity contribution is -0.124. The molecule has 0 aliphatic heterocycles. The van der Waals surface area contributed by atoms with Gasteiger partial charge in [0.05, 0.1) is 12.2 Å². The van der Waals surface area contributed by atoms with E-state index in [9.17, 15) is 9.59 Å². The van der Waals surface area contributed by atoms with Gasteiger partial charge < -0.3 is 5.32 Å². The molecule has 21 heavy (non-hydrogen) atoms. The fourth-order valence-corrected chi connectivity index (χ4v) is 3.38. The van der Waals surface area contributed by atoms with Gasteiger partial charge >= 0.3 is 0 Å². The van der Waals surface area contributed by atoms with E-state index in [-0.39, 0.29) is 17.4 Å². The molecule has 0 atom stereocenters. The molecule has 5 nitrogen and oxygen atoms in total. The lowest BCUT2D eigenvalue weighted by Gasteiger charge is -2.16. The Hall–Kier alpha value is -1.65. The molecule has 1 saturated carbocycles. The Bertz CT molecular complexity index is 573. The van der Waals surface area contributed by atoms with Crippen molar-refractivity contribution in [3.8, 4) is 0 Å². The van der Waals surface area contributed by atoms with Crippen molar-refractivity contribution in [1.29, 1.82) is 0 Å². The van der Waals surface area contributed by atoms with Crippen molar-refractivity contribution in [1.82, 2.24) is 15.1 Å². The van der Waals surface area contributed by atoms with Crippen LogP contribution in [-0.4, -0.2) is 22.2 Å². The van der Waals surface area contributed by atoms with Gasteiger partial charge in [-0.15, -0.1) is 0 Å². The molecule has 0 spiro atoms. The number of rotatable bonds is 4. The zero-order valence-corrected chi connectivity index (χ0v) is 12.4. The Labute approximate surface area is 124 Å². The van der Waals surface area contributed by atoms with Crippen LogP contribution in [0.3, 0.4) is 0 Å². The second kappa shape index (κ2) is 6.41. The second-order valence-electron chi connectivity index (χ2n) is 6.16. The van der Waals surface area contributed by atoms with Gasteiger partial charge in [0.1, 0.15) is 0 Å². The summed E-state index contributed by atoms with van der Waals surface area (Å²) in [6.07, 6.45) is 8.55. The van der Waals surface area contributed by atoms with Gasteiger partial charge in [-0.25, -0.2) is 4.68 Å². The number of aryl methyl sites for hydroxylation is 2. The first-order chi connectivity index (χ1) is 10.2. The van der Waals surface area contributed by atoms with E-state index in [1.807, 2.05) is 0 Å². The summed E-state index contributed by atoms with van der Waals surface area (Å²) in [4.78, 5) is 23.9. The first kappa shape index (κ1) is 14.3. The molecule has 2 aliphatic carbocycles. The smallest absolute Gasteiger partial charge is 0.267 e. The number of fused-ring (bicyclic) bond motifs is 1. The fraction of sp³-hybridized carbons (Fsp3) is 0.688. The first-order valence-corrected chi connectivity index (χ1v) is 8.11. The topological polar surface area (TPSA) is 64.0 Å². The first-order valence-electron chi connectivity index (χ1n) is 8.11. The molecule has 0 unspecified atom stereocenters. The van der Waals surface area contributed by atoms with E-state index in [1.54, 1.807) is 6.07 Å². The molecule has 1 amide bonds. The van der Waals surface area contributed by atoms with E-state index in [4.69, 9.17) is 0 Å². The maximum atomic E-state index is 12.0. The van der Waals surface area contributed by atoms with Gasteiger partial charge in [-0.05, 0) is 44.1 Å². The predicted molar refractivity (Wildman–Crippen MR) is 80.1 cm³/mol. The van der Waals surface area contributed by atoms with Crippen LogP contribution in [0.15, 0.2) is 10.9 Å². The average molecular weight is 289 g/mol. The highest BCUT2D eigenvalue weighted by molar-refractivity contribution is 5.78. The van der Waals surface area contributed by atoms with E-state index >= 15 is 0 Å². The fourth-order valence-electron chi connectivity index (χ4n) is 3.38. The van der Waals surface area contributed by atoms with Gasteiger partial charge in [-0.2, -0.15) is 5.10 Å². The molecule has 0 saturated heterocycles. The molecule has 1 N–H and O–H groups in total. The summed E-state index contributed by atoms with van der Waals surface area (Å²) in [5.74, 6) is 0.316. The third-order valence-corrected chi connectivity index (χ3v) is 4.62. The quantitative estimate of drug-likeness (QED) is 0.912. The highest BCUT2D eigenvalue weighted by atomic mass is 16.2. The lowest BCUT2D eigenvalue weighted by atomic mass is 9.97. The van der Waals surface area contributed by atoms with Gasteiger partial charge in [0, 0.05) is 18.5 Å². The van der Waals surface area contributed by atoms with Crippen LogP contribution in [0, 0.1) is 5.92 Å². The minimum atomic E-state index is -0.0502. The van der Waals surface area contributed by atoms with Gasteiger partial charge in [-0.1, -0.05) is 12.8 Å². The number of aromatic nitrogens is 2. The van der Waals surface area contributed by atoms with E-state index in [0.29, 0.717) is 13.1 Å². The van der Waals surface area contributed by atoms with Gasteiger partial charge in [0.2, 0.25) is 5.91 Å². The third kappa shape index (κ3) is 3.34. The summed E-state index contributed by atoms with van der Waals surface area (Å²) < 4.78 is 1.50. The Morgan fingerprint density at radius 1 is 1.24 bits per heavy atom. The van der Waals surface area contributed by atoms with Gasteiger partial charge in [0.15, 0.2) is 0 Å². The highest BCUT2D eigenvalue weighted by Gasteiger charge is 2.22. The van der Waals surface area contributed by atoms with Crippen LogP contribution in [0.25, 0.3) is 0 Å². The summed E-state index contributed by atoms with van der Waals surface area (Å²) in [7, 11) is 0. The molecule has 1 aromatic rings. The van der Waals surface area contributed by atoms with Gasteiger partial charge in [-0.3, -0.25) is 9.59 Å². The van der Waals surface area contributed by atoms with E-state index in [0.717, 1.165) is 62.6 Å². The van der Waals surface area contributed by atoms with Crippen LogP contribution >= 0.6 is 0 Å². The van der Waals surface area contributed by atoms with Crippen LogP contribution in [0.1, 0.15) is 49.8 Å². The molecule has 0 radical (unpaired) electrons. The summed E-state index contributed by atoms with van der Waals surface area (Å²) in [5, 5.41) is 7.40. The molecule has 0 bridgehead atoms. The van der Waals surface area contributed by atoms with Crippen molar-refractivity contribution in [3.63, 3.8) is 0 Å². The van der Waals surface area contributed by atoms with Crippen LogP contribution in [0.4, 0.5) is 0 Å². The van der Waals surface area contributed by atoms with Crippen molar-refractivity contribution in [2.24, 2.45) is 5.92 Å². The molecule has 1 fully saturated rings. The summed E-state index contributed by atoms with van der Waals surface area (Å²) >= 11 is 0. The third-order valence-electron chi connectivity index (χ3n) is 4.62. The SMILES string of the molecule is O=C(NCCn1nc2c(cc1=O)CCCC2)C1CCCC1. The normalized spacial score (nSPS) is 18.5. The maximum absolute atomic E-state index is 12.0. The van der Waals surface area contributed by atoms with Crippen LogP contribution in [-0.2, 0) is 24.2 Å². The lowest BCUT2D eigenvalue weighted by Crippen LogP contribution is -2.35. The monoisotopic (exact) mass is 289 g/mol. The number of hydrogen-bond donors (Lipinski definition) is 1. The zero-order chi connectivity index (χ0) is 14.7. The molecular weight excluding hydrogens is 266 g/mol. The van der Waals surface area contributed by atoms with Crippen molar-refractivity contribution in [2.45, 2.75) is 57.9 Å². The second-order valence-corrected chi connectivity index (χ2v) is 6.16. The number of hydrogen-bond acceptors (Lipinski definition) is 3. The largest absolute Gasteiger partial charge is 0.354 e. The zero-order valence-electron chi connectivity index (χ0n) is 12.4. The summed E-state index contributed by atoms with van der Waals surface area (Å²) in [5.41, 5.74) is 2.12. The van der Waals surface area contributed by atoms with Crippen LogP contribution in [0.5, 0.6) is 0 Å². The molecule has 1 heterocycles. The van der Waals surface area contributed by atoms with Crippen molar-refractivity contribution in [2.75, 3.05) is 6.54 Å². The molecule has 0 aromatic carbocycles. The Morgan fingerprint density at radius 3 is 2.81 bits per heavy atom. The molecule has 2 aliphatic rings. The van der Waals surface area contributed by atoms with E-state index in [1.165, 1.54) is 4.68 Å². The van der Waals surface area contributed by atoms with Crippen molar-refractivity contribution >= 4 is 5.91 Å². The Balaban J connectivity index is 1.57. The molecule has 1 aromatic heterocycles. The Kier molecular flexibility index (Phi) is 4.36. The molecule has 3 rings (SSSR count). The summed E-state index contributed by atoms with van der Waals surface area (Å²) in [6.45, 7) is 0.950. The minimum Gasteiger partial charge on any atom is -0.354 e. The van der Waals surface area contributed by atoms with Crippen molar-refractivity contribution in [3.05, 3.63) is 27.7 Å². The number of carbonyl (C=O) groups is 1. The molecule has 5 heteroatoms. The number of carbonyl (C=O) groups excluding carboxylic acids is 1. The molecule has 114 valence electrons. The van der Waals surface area contributed by atoms with Crippen LogP contribution < -0.4 is 10.9 Å². The van der Waals surface area contributed by atoms with E-state index < -0.39 is 0 Å². The Morgan fingerprint density at radius 2 is 2.00 bits per heavy atom. The summed E-state index contributed by atoms with van der Waals surface area (Å²) in [6, 6.07) is 1.72. The predicted octanol–water partition coefficient (Wildman–Crippen LogP) is 1.43. The minimum absolute atomic E-state index is 0.0502. The number of nitrogens with zero attached hydrogens (tertiary/aromatic N) is 2. The van der Waals surface area contributed by atoms with Crippen LogP contribution in [0.2, 0.25) is 0 Å².